The van der Waals surface area contributed by atoms with Gasteiger partial charge in [0.2, 0.25) is 16.3 Å². The van der Waals surface area contributed by atoms with Crippen LogP contribution >= 0.6 is 0 Å². The van der Waals surface area contributed by atoms with Crippen LogP contribution in [0.1, 0.15) is 27.2 Å². The van der Waals surface area contributed by atoms with Gasteiger partial charge in [0.05, 0.1) is 25.2 Å². The molecule has 0 radical (unpaired) electrons. The molecule has 0 unspecified atom stereocenters. The predicted molar refractivity (Wildman–Crippen MR) is 139 cm³/mol. The lowest BCUT2D eigenvalue weighted by Gasteiger charge is -2.38. The molecule has 0 aromatic heterocycles. The highest BCUT2D eigenvalue weighted by Crippen LogP contribution is 2.37. The van der Waals surface area contributed by atoms with E-state index >= 15 is 0 Å². The number of hydrogen-bond acceptors (Lipinski definition) is 8. The number of rotatable bonds is 10. The van der Waals surface area contributed by atoms with E-state index in [0.717, 1.165) is 13.1 Å². The molecule has 10 nitrogen and oxygen atoms in total. The van der Waals surface area contributed by atoms with Gasteiger partial charge < -0.3 is 29.1 Å². The van der Waals surface area contributed by atoms with Crippen LogP contribution in [-0.2, 0) is 24.3 Å². The Morgan fingerprint density at radius 1 is 1.14 bits per heavy atom. The van der Waals surface area contributed by atoms with Crippen molar-refractivity contribution in [2.75, 3.05) is 66.6 Å². The molecule has 2 aliphatic rings. The molecule has 0 spiro atoms. The number of piperazine rings is 1. The highest BCUT2D eigenvalue weighted by Gasteiger charge is 2.36. The van der Waals surface area contributed by atoms with Crippen molar-refractivity contribution in [1.82, 2.24) is 14.1 Å². The second-order valence-electron chi connectivity index (χ2n) is 10.6. The number of methoxy groups -OCH3 is 1. The molecule has 3 rings (SSSR count). The zero-order chi connectivity index (χ0) is 27.2. The molecule has 0 aliphatic carbocycles. The van der Waals surface area contributed by atoms with Crippen molar-refractivity contribution in [2.45, 2.75) is 38.4 Å². The molecule has 1 saturated heterocycles. The van der Waals surface area contributed by atoms with Gasteiger partial charge in [0, 0.05) is 45.7 Å². The third-order valence-electron chi connectivity index (χ3n) is 6.86. The summed E-state index contributed by atoms with van der Waals surface area (Å²) < 4.78 is 44.6. The third-order valence-corrected chi connectivity index (χ3v) is 8.77. The first-order valence-electron chi connectivity index (χ1n) is 12.7. The van der Waals surface area contributed by atoms with Crippen LogP contribution in [0.2, 0.25) is 0 Å². The van der Waals surface area contributed by atoms with Crippen LogP contribution in [0.4, 0.5) is 0 Å². The maximum atomic E-state index is 13.2. The Morgan fingerprint density at radius 3 is 2.35 bits per heavy atom. The van der Waals surface area contributed by atoms with Gasteiger partial charge in [-0.15, -0.1) is 0 Å². The second kappa shape index (κ2) is 12.6. The summed E-state index contributed by atoms with van der Waals surface area (Å²) in [6.45, 7) is 8.91. The first kappa shape index (κ1) is 29.4. The van der Waals surface area contributed by atoms with Gasteiger partial charge in [-0.2, -0.15) is 4.31 Å². The van der Waals surface area contributed by atoms with Gasteiger partial charge in [-0.3, -0.25) is 4.79 Å². The van der Waals surface area contributed by atoms with Gasteiger partial charge in [-0.05, 0) is 48.7 Å². The smallest absolute Gasteiger partial charge is 0.288 e. The largest absolute Gasteiger partial charge is 0.497 e. The Bertz CT molecular complexity index is 1030. The monoisotopic (exact) mass is 539 g/mol. The van der Waals surface area contributed by atoms with Crippen molar-refractivity contribution in [2.24, 2.45) is 11.3 Å². The molecule has 11 heteroatoms. The number of aliphatic hydroxyl groups is 1. The second-order valence-corrected chi connectivity index (χ2v) is 12.5. The Morgan fingerprint density at radius 2 is 1.78 bits per heavy atom. The summed E-state index contributed by atoms with van der Waals surface area (Å²) in [5.41, 5.74) is -0.111. The van der Waals surface area contributed by atoms with Crippen molar-refractivity contribution in [3.05, 3.63) is 36.1 Å². The number of benzene rings is 1. The van der Waals surface area contributed by atoms with Crippen LogP contribution in [0.3, 0.4) is 0 Å². The summed E-state index contributed by atoms with van der Waals surface area (Å²) in [6.07, 6.45) is 1.78. The van der Waals surface area contributed by atoms with E-state index in [0.29, 0.717) is 31.0 Å². The number of sulfonamides is 1. The van der Waals surface area contributed by atoms with Crippen LogP contribution < -0.4 is 4.74 Å². The lowest BCUT2D eigenvalue weighted by atomic mass is 9.77. The summed E-state index contributed by atoms with van der Waals surface area (Å²) >= 11 is 0. The number of ether oxygens (including phenoxy) is 3. The Balaban J connectivity index is 1.67. The summed E-state index contributed by atoms with van der Waals surface area (Å²) in [5.74, 6) is 0.751. The van der Waals surface area contributed by atoms with Crippen molar-refractivity contribution in [1.29, 1.82) is 0 Å². The number of allylic oxidation sites excluding steroid dienone is 1. The molecule has 1 aromatic carbocycles. The van der Waals surface area contributed by atoms with E-state index in [1.54, 1.807) is 17.0 Å². The minimum absolute atomic E-state index is 0.0282. The van der Waals surface area contributed by atoms with E-state index in [1.807, 2.05) is 13.1 Å². The van der Waals surface area contributed by atoms with Crippen molar-refractivity contribution in [3.63, 3.8) is 0 Å². The van der Waals surface area contributed by atoms with Gasteiger partial charge in [-0.1, -0.05) is 20.8 Å². The molecule has 2 heterocycles. The van der Waals surface area contributed by atoms with E-state index in [9.17, 15) is 18.3 Å². The van der Waals surface area contributed by atoms with E-state index in [1.165, 1.54) is 23.5 Å². The van der Waals surface area contributed by atoms with Gasteiger partial charge in [0.1, 0.15) is 5.75 Å². The molecule has 2 aliphatic heterocycles. The zero-order valence-electron chi connectivity index (χ0n) is 22.6. The van der Waals surface area contributed by atoms with Crippen molar-refractivity contribution in [3.8, 4) is 5.75 Å². The first-order valence-corrected chi connectivity index (χ1v) is 14.1. The SMILES string of the molecule is COc1ccc(S(=O)(=O)N(CCO)CCO[C@@H]2C[C@H](C(C)(C)C)C=C(C(=O)N3CCN(C)CC3)O2)cc1. The molecule has 1 amide bonds. The minimum atomic E-state index is -3.85. The normalized spacial score (nSPS) is 21.5. The van der Waals surface area contributed by atoms with Crippen molar-refractivity contribution < 1.29 is 32.5 Å². The van der Waals surface area contributed by atoms with Crippen LogP contribution in [0.5, 0.6) is 5.75 Å². The van der Waals surface area contributed by atoms with Gasteiger partial charge in [0.25, 0.3) is 5.91 Å². The van der Waals surface area contributed by atoms with Crippen LogP contribution in [0.15, 0.2) is 41.0 Å². The fourth-order valence-electron chi connectivity index (χ4n) is 4.33. The maximum Gasteiger partial charge on any atom is 0.288 e. The van der Waals surface area contributed by atoms with Crippen LogP contribution in [0.25, 0.3) is 0 Å². The highest BCUT2D eigenvalue weighted by molar-refractivity contribution is 7.89. The van der Waals surface area contributed by atoms with E-state index in [4.69, 9.17) is 14.2 Å². The molecule has 1 N–H and O–H groups in total. The lowest BCUT2D eigenvalue weighted by molar-refractivity contribution is -0.159. The molecule has 37 heavy (non-hydrogen) atoms. The Labute approximate surface area is 220 Å². The van der Waals surface area contributed by atoms with Gasteiger partial charge in [0.15, 0.2) is 5.76 Å². The van der Waals surface area contributed by atoms with E-state index in [2.05, 4.69) is 25.7 Å². The summed E-state index contributed by atoms with van der Waals surface area (Å²) in [4.78, 5) is 17.3. The highest BCUT2D eigenvalue weighted by atomic mass is 32.2. The van der Waals surface area contributed by atoms with E-state index < -0.39 is 16.3 Å². The molecule has 2 atom stereocenters. The molecule has 0 bridgehead atoms. The zero-order valence-corrected chi connectivity index (χ0v) is 23.4. The number of likely N-dealkylation sites (N-methyl/N-ethyl adjacent to an activating group) is 1. The minimum Gasteiger partial charge on any atom is -0.497 e. The number of carbonyl (C=O) groups excluding carboxylic acids is 1. The number of carbonyl (C=O) groups is 1. The standard InChI is InChI=1S/C26H41N3O7S/c1-26(2,3)20-18-23(25(31)28-12-10-27(4)11-13-28)36-24(19-20)35-17-15-29(14-16-30)37(32,33)22-8-6-21(34-5)7-9-22/h6-9,18,20,24,30H,10-17,19H2,1-5H3/t20-,24+/m1/s1. The Hall–Kier alpha value is -2.18. The molecule has 1 aromatic rings. The predicted octanol–water partition coefficient (Wildman–Crippen LogP) is 1.76. The third kappa shape index (κ3) is 7.67. The Kier molecular flexibility index (Phi) is 9.99. The quantitative estimate of drug-likeness (QED) is 0.479. The average molecular weight is 540 g/mol. The summed E-state index contributed by atoms with van der Waals surface area (Å²) in [5, 5.41) is 9.49. The van der Waals surface area contributed by atoms with Crippen LogP contribution in [0, 0.1) is 11.3 Å². The van der Waals surface area contributed by atoms with Crippen LogP contribution in [-0.4, -0.2) is 106 Å². The maximum absolute atomic E-state index is 13.2. The van der Waals surface area contributed by atoms with Gasteiger partial charge >= 0.3 is 0 Å². The summed E-state index contributed by atoms with van der Waals surface area (Å²) in [6, 6.07) is 6.10. The molecular weight excluding hydrogens is 498 g/mol. The lowest BCUT2D eigenvalue weighted by Crippen LogP contribution is -2.48. The fourth-order valence-corrected chi connectivity index (χ4v) is 5.74. The number of nitrogens with zero attached hydrogens (tertiary/aromatic N) is 3. The number of hydrogen-bond donors (Lipinski definition) is 1. The van der Waals surface area contributed by atoms with Gasteiger partial charge in [-0.25, -0.2) is 8.42 Å². The molecular formula is C26H41N3O7S. The topological polar surface area (TPSA) is 109 Å². The number of aliphatic hydroxyl groups excluding tert-OH is 1. The fraction of sp³-hybridized carbons (Fsp3) is 0.654. The first-order chi connectivity index (χ1) is 17.5. The van der Waals surface area contributed by atoms with E-state index in [-0.39, 0.29) is 48.4 Å². The molecule has 208 valence electrons. The van der Waals surface area contributed by atoms with Crippen molar-refractivity contribution >= 4 is 15.9 Å². The number of amides is 1. The summed E-state index contributed by atoms with van der Waals surface area (Å²) in [7, 11) is -0.304. The molecule has 1 fully saturated rings. The average Bonchev–Trinajstić information content (AvgIpc) is 2.87. The molecule has 0 saturated carbocycles.